The Kier molecular flexibility index (Phi) is 3.88. The smallest absolute Gasteiger partial charge is 0.323 e. The molecule has 0 aliphatic heterocycles. The van der Waals surface area contributed by atoms with Gasteiger partial charge in [-0.1, -0.05) is 38.1 Å². The third-order valence-electron chi connectivity index (χ3n) is 3.38. The van der Waals surface area contributed by atoms with Gasteiger partial charge in [-0.15, -0.1) is 0 Å². The quantitative estimate of drug-likeness (QED) is 0.880. The molecule has 0 radical (unpaired) electrons. The number of aliphatic carboxylic acids is 1. The number of rotatable bonds is 5. The van der Waals surface area contributed by atoms with Crippen molar-refractivity contribution in [3.8, 4) is 0 Å². The highest BCUT2D eigenvalue weighted by atomic mass is 16.4. The fourth-order valence-corrected chi connectivity index (χ4v) is 2.54. The summed E-state index contributed by atoms with van der Waals surface area (Å²) in [6, 6.07) is 7.85. The number of carboxylic acid groups (broad SMARTS) is 1. The van der Waals surface area contributed by atoms with Crippen molar-refractivity contribution in [1.29, 1.82) is 0 Å². The number of hydrogen-bond donors (Lipinski definition) is 1. The van der Waals surface area contributed by atoms with Crippen molar-refractivity contribution in [2.45, 2.75) is 26.2 Å². The zero-order valence-electron chi connectivity index (χ0n) is 11.3. The molecule has 1 N–H and O–H groups in total. The van der Waals surface area contributed by atoms with Crippen molar-refractivity contribution in [3.63, 3.8) is 0 Å². The first-order chi connectivity index (χ1) is 8.99. The molecule has 0 saturated heterocycles. The van der Waals surface area contributed by atoms with Gasteiger partial charge in [-0.2, -0.15) is 0 Å². The number of amides is 1. The van der Waals surface area contributed by atoms with Gasteiger partial charge in [0.15, 0.2) is 0 Å². The molecule has 0 bridgehead atoms. The summed E-state index contributed by atoms with van der Waals surface area (Å²) < 4.78 is 0. The highest BCUT2D eigenvalue weighted by Crippen LogP contribution is 2.36. The van der Waals surface area contributed by atoms with Crippen molar-refractivity contribution in [3.05, 3.63) is 35.4 Å². The molecular weight excluding hydrogens is 242 g/mol. The number of carboxylic acids is 1. The van der Waals surface area contributed by atoms with Crippen LogP contribution < -0.4 is 0 Å². The molecule has 1 aromatic rings. The van der Waals surface area contributed by atoms with E-state index in [1.54, 1.807) is 0 Å². The third kappa shape index (κ3) is 2.95. The standard InChI is InChI=1S/C15H19NO3/c1-10(2)8-16(9-14(17)18)15(19)13-7-11-5-3-4-6-12(11)13/h3-6,10,13H,7-9H2,1-2H3,(H,17,18). The van der Waals surface area contributed by atoms with Crippen LogP contribution in [0.2, 0.25) is 0 Å². The van der Waals surface area contributed by atoms with Gasteiger partial charge in [-0.05, 0) is 23.5 Å². The summed E-state index contributed by atoms with van der Waals surface area (Å²) >= 11 is 0. The maximum atomic E-state index is 12.4. The zero-order valence-corrected chi connectivity index (χ0v) is 11.3. The van der Waals surface area contributed by atoms with Gasteiger partial charge in [-0.25, -0.2) is 0 Å². The van der Waals surface area contributed by atoms with Gasteiger partial charge in [0.05, 0.1) is 5.92 Å². The van der Waals surface area contributed by atoms with Crippen LogP contribution in [0.25, 0.3) is 0 Å². The molecule has 0 aromatic heterocycles. The molecule has 0 saturated carbocycles. The lowest BCUT2D eigenvalue weighted by Crippen LogP contribution is -2.43. The second-order valence-corrected chi connectivity index (χ2v) is 5.46. The molecule has 19 heavy (non-hydrogen) atoms. The van der Waals surface area contributed by atoms with Crippen molar-refractivity contribution >= 4 is 11.9 Å². The lowest BCUT2D eigenvalue weighted by Gasteiger charge is -2.34. The first-order valence-electron chi connectivity index (χ1n) is 6.57. The first kappa shape index (κ1) is 13.6. The minimum absolute atomic E-state index is 0.0604. The fourth-order valence-electron chi connectivity index (χ4n) is 2.54. The Morgan fingerprint density at radius 1 is 1.37 bits per heavy atom. The van der Waals surface area contributed by atoms with Crippen molar-refractivity contribution < 1.29 is 14.7 Å². The second-order valence-electron chi connectivity index (χ2n) is 5.46. The molecular formula is C15H19NO3. The molecule has 4 nitrogen and oxygen atoms in total. The minimum Gasteiger partial charge on any atom is -0.480 e. The molecule has 1 unspecified atom stereocenters. The lowest BCUT2D eigenvalue weighted by atomic mass is 9.77. The zero-order chi connectivity index (χ0) is 14.0. The average Bonchev–Trinajstić information content (AvgIpc) is 2.28. The monoisotopic (exact) mass is 261 g/mol. The summed E-state index contributed by atoms with van der Waals surface area (Å²) in [4.78, 5) is 24.8. The predicted octanol–water partition coefficient (Wildman–Crippen LogP) is 1.90. The maximum absolute atomic E-state index is 12.4. The number of carbonyl (C=O) groups excluding carboxylic acids is 1. The van der Waals surface area contributed by atoms with Gasteiger partial charge in [0, 0.05) is 6.54 Å². The van der Waals surface area contributed by atoms with E-state index in [1.165, 1.54) is 10.5 Å². The van der Waals surface area contributed by atoms with Crippen LogP contribution in [0, 0.1) is 5.92 Å². The summed E-state index contributed by atoms with van der Waals surface area (Å²) in [5.41, 5.74) is 2.24. The van der Waals surface area contributed by atoms with Gasteiger partial charge in [0.2, 0.25) is 5.91 Å². The van der Waals surface area contributed by atoms with Gasteiger partial charge < -0.3 is 10.0 Å². The van der Waals surface area contributed by atoms with Crippen molar-refractivity contribution in [1.82, 2.24) is 4.90 Å². The molecule has 4 heteroatoms. The van der Waals surface area contributed by atoms with Crippen molar-refractivity contribution in [2.24, 2.45) is 5.92 Å². The maximum Gasteiger partial charge on any atom is 0.323 e. The summed E-state index contributed by atoms with van der Waals surface area (Å²) in [5.74, 6) is -0.913. The van der Waals surface area contributed by atoms with Gasteiger partial charge in [0.1, 0.15) is 6.54 Å². The van der Waals surface area contributed by atoms with Gasteiger partial charge >= 0.3 is 5.97 Å². The van der Waals surface area contributed by atoms with E-state index in [-0.39, 0.29) is 24.3 Å². The van der Waals surface area contributed by atoms with Gasteiger partial charge in [0.25, 0.3) is 0 Å². The topological polar surface area (TPSA) is 57.6 Å². The Morgan fingerprint density at radius 3 is 2.63 bits per heavy atom. The number of fused-ring (bicyclic) bond motifs is 1. The van der Waals surface area contributed by atoms with E-state index in [2.05, 4.69) is 0 Å². The van der Waals surface area contributed by atoms with E-state index in [4.69, 9.17) is 5.11 Å². The summed E-state index contributed by atoms with van der Waals surface area (Å²) in [6.45, 7) is 4.24. The summed E-state index contributed by atoms with van der Waals surface area (Å²) in [7, 11) is 0. The van der Waals surface area contributed by atoms with Crippen LogP contribution in [-0.4, -0.2) is 35.0 Å². The Morgan fingerprint density at radius 2 is 2.05 bits per heavy atom. The molecule has 0 heterocycles. The molecule has 1 atom stereocenters. The largest absolute Gasteiger partial charge is 0.480 e. The van der Waals surface area contributed by atoms with Crippen LogP contribution in [-0.2, 0) is 16.0 Å². The molecule has 2 rings (SSSR count). The number of hydrogen-bond acceptors (Lipinski definition) is 2. The molecule has 0 spiro atoms. The molecule has 1 aliphatic rings. The van der Waals surface area contributed by atoms with Crippen LogP contribution in [0.1, 0.15) is 30.9 Å². The third-order valence-corrected chi connectivity index (χ3v) is 3.38. The SMILES string of the molecule is CC(C)CN(CC(=O)O)C(=O)C1Cc2ccccc21. The van der Waals surface area contributed by atoms with E-state index in [0.717, 1.165) is 12.0 Å². The number of nitrogens with zero attached hydrogens (tertiary/aromatic N) is 1. The van der Waals surface area contributed by atoms with Crippen molar-refractivity contribution in [2.75, 3.05) is 13.1 Å². The first-order valence-corrected chi connectivity index (χ1v) is 6.57. The Balaban J connectivity index is 2.11. The van der Waals surface area contributed by atoms with E-state index in [0.29, 0.717) is 6.54 Å². The molecule has 1 aliphatic carbocycles. The van der Waals surface area contributed by atoms with Gasteiger partial charge in [-0.3, -0.25) is 9.59 Å². The Bertz CT molecular complexity index is 496. The average molecular weight is 261 g/mol. The normalized spacial score (nSPS) is 16.7. The Labute approximate surface area is 113 Å². The van der Waals surface area contributed by atoms with E-state index >= 15 is 0 Å². The second kappa shape index (κ2) is 5.43. The van der Waals surface area contributed by atoms with E-state index in [1.807, 2.05) is 38.1 Å². The van der Waals surface area contributed by atoms with Crippen LogP contribution in [0.3, 0.4) is 0 Å². The van der Waals surface area contributed by atoms with Crippen LogP contribution >= 0.6 is 0 Å². The van der Waals surface area contributed by atoms with E-state index < -0.39 is 5.97 Å². The summed E-state index contributed by atoms with van der Waals surface area (Å²) in [5, 5.41) is 8.92. The summed E-state index contributed by atoms with van der Waals surface area (Å²) in [6.07, 6.45) is 0.725. The highest BCUT2D eigenvalue weighted by Gasteiger charge is 2.35. The molecule has 1 aromatic carbocycles. The molecule has 102 valence electrons. The van der Waals surface area contributed by atoms with Crippen LogP contribution in [0.15, 0.2) is 24.3 Å². The molecule has 1 amide bonds. The number of benzene rings is 1. The van der Waals surface area contributed by atoms with Crippen LogP contribution in [0.4, 0.5) is 0 Å². The number of carbonyl (C=O) groups is 2. The fraction of sp³-hybridized carbons (Fsp3) is 0.467. The minimum atomic E-state index is -0.957. The molecule has 0 fully saturated rings. The van der Waals surface area contributed by atoms with E-state index in [9.17, 15) is 9.59 Å². The van der Waals surface area contributed by atoms with Crippen LogP contribution in [0.5, 0.6) is 0 Å². The predicted molar refractivity (Wildman–Crippen MR) is 71.9 cm³/mol. The highest BCUT2D eigenvalue weighted by molar-refractivity contribution is 5.89. The lowest BCUT2D eigenvalue weighted by molar-refractivity contribution is -0.145. The Hall–Kier alpha value is -1.84.